The van der Waals surface area contributed by atoms with Gasteiger partial charge in [-0.05, 0) is 37.0 Å². The van der Waals surface area contributed by atoms with Crippen molar-refractivity contribution >= 4 is 18.0 Å². The van der Waals surface area contributed by atoms with Crippen LogP contribution in [0, 0.1) is 19.8 Å². The van der Waals surface area contributed by atoms with Gasteiger partial charge in [-0.2, -0.15) is 0 Å². The predicted molar refractivity (Wildman–Crippen MR) is 79.4 cm³/mol. The second-order valence-electron chi connectivity index (χ2n) is 5.26. The minimum Gasteiger partial charge on any atom is -0.480 e. The minimum absolute atomic E-state index is 0.161. The number of rotatable bonds is 5. The molecule has 0 bridgehead atoms. The third kappa shape index (κ3) is 4.53. The molecule has 1 rings (SSSR count). The number of nitrogens with one attached hydrogen (secondary N) is 1. The highest BCUT2D eigenvalue weighted by Crippen LogP contribution is 2.12. The van der Waals surface area contributed by atoms with Crippen molar-refractivity contribution < 1.29 is 14.7 Å². The molecule has 1 amide bonds. The molecule has 1 aromatic rings. The summed E-state index contributed by atoms with van der Waals surface area (Å²) < 4.78 is 0. The second-order valence-corrected chi connectivity index (χ2v) is 5.26. The van der Waals surface area contributed by atoms with Gasteiger partial charge in [-0.25, -0.2) is 4.79 Å². The lowest BCUT2D eigenvalue weighted by Gasteiger charge is -2.16. The monoisotopic (exact) mass is 275 g/mol. The van der Waals surface area contributed by atoms with Crippen LogP contribution in [-0.4, -0.2) is 23.0 Å². The van der Waals surface area contributed by atoms with Gasteiger partial charge in [0.05, 0.1) is 0 Å². The maximum atomic E-state index is 11.8. The van der Waals surface area contributed by atoms with E-state index in [0.29, 0.717) is 0 Å². The number of hydrogen-bond acceptors (Lipinski definition) is 2. The molecule has 0 aromatic heterocycles. The summed E-state index contributed by atoms with van der Waals surface area (Å²) in [7, 11) is 0. The first-order valence-corrected chi connectivity index (χ1v) is 6.60. The van der Waals surface area contributed by atoms with Crippen LogP contribution in [0.4, 0.5) is 0 Å². The van der Waals surface area contributed by atoms with Crippen molar-refractivity contribution in [3.8, 4) is 0 Å². The number of aryl methyl sites for hydroxylation is 2. The van der Waals surface area contributed by atoms with Gasteiger partial charge in [0, 0.05) is 6.08 Å². The Labute approximate surface area is 119 Å². The topological polar surface area (TPSA) is 66.4 Å². The molecule has 0 unspecified atom stereocenters. The smallest absolute Gasteiger partial charge is 0.326 e. The van der Waals surface area contributed by atoms with Crippen molar-refractivity contribution in [3.63, 3.8) is 0 Å². The van der Waals surface area contributed by atoms with Gasteiger partial charge in [0.25, 0.3) is 0 Å². The van der Waals surface area contributed by atoms with E-state index in [0.717, 1.165) is 16.7 Å². The molecular formula is C16H21NO3. The highest BCUT2D eigenvalue weighted by Gasteiger charge is 2.22. The minimum atomic E-state index is -1.02. The molecule has 0 saturated heterocycles. The summed E-state index contributed by atoms with van der Waals surface area (Å²) in [5.41, 5.74) is 3.18. The van der Waals surface area contributed by atoms with Gasteiger partial charge in [0.15, 0.2) is 0 Å². The lowest BCUT2D eigenvalue weighted by molar-refractivity contribution is -0.142. The molecule has 0 spiro atoms. The maximum Gasteiger partial charge on any atom is 0.326 e. The number of carboxylic acid groups (broad SMARTS) is 1. The van der Waals surface area contributed by atoms with Crippen LogP contribution in [0.3, 0.4) is 0 Å². The van der Waals surface area contributed by atoms with Crippen molar-refractivity contribution in [3.05, 3.63) is 41.0 Å². The van der Waals surface area contributed by atoms with Gasteiger partial charge >= 0.3 is 5.97 Å². The lowest BCUT2D eigenvalue weighted by atomic mass is 10.0. The van der Waals surface area contributed by atoms with E-state index < -0.39 is 17.9 Å². The molecule has 1 atom stereocenters. The molecule has 0 saturated carbocycles. The third-order valence-electron chi connectivity index (χ3n) is 3.07. The fourth-order valence-electron chi connectivity index (χ4n) is 1.89. The molecule has 0 radical (unpaired) electrons. The average Bonchev–Trinajstić information content (AvgIpc) is 2.34. The number of carboxylic acids is 1. The molecule has 0 aliphatic heterocycles. The molecule has 1 aromatic carbocycles. The lowest BCUT2D eigenvalue weighted by Crippen LogP contribution is -2.43. The Hall–Kier alpha value is -2.10. The zero-order chi connectivity index (χ0) is 15.3. The van der Waals surface area contributed by atoms with Crippen molar-refractivity contribution in [2.45, 2.75) is 33.7 Å². The summed E-state index contributed by atoms with van der Waals surface area (Å²) in [5.74, 6) is -1.58. The number of carbonyl (C=O) groups is 2. The van der Waals surface area contributed by atoms with E-state index in [9.17, 15) is 9.59 Å². The van der Waals surface area contributed by atoms with Gasteiger partial charge in [-0.15, -0.1) is 0 Å². The van der Waals surface area contributed by atoms with E-state index in [-0.39, 0.29) is 5.92 Å². The number of benzene rings is 1. The van der Waals surface area contributed by atoms with Crippen molar-refractivity contribution in [1.29, 1.82) is 0 Å². The van der Waals surface area contributed by atoms with Gasteiger partial charge in [-0.3, -0.25) is 4.79 Å². The first-order chi connectivity index (χ1) is 9.31. The SMILES string of the molecule is Cc1ccc(/C=C/C(=O)N[C@H](C(=O)O)C(C)C)c(C)c1. The van der Waals surface area contributed by atoms with Crippen molar-refractivity contribution in [2.24, 2.45) is 5.92 Å². The summed E-state index contributed by atoms with van der Waals surface area (Å²) in [6.07, 6.45) is 3.07. The average molecular weight is 275 g/mol. The van der Waals surface area contributed by atoms with Gasteiger partial charge in [0.1, 0.15) is 6.04 Å². The zero-order valence-corrected chi connectivity index (χ0v) is 12.3. The van der Waals surface area contributed by atoms with Crippen LogP contribution >= 0.6 is 0 Å². The molecule has 4 nitrogen and oxygen atoms in total. The summed E-state index contributed by atoms with van der Waals surface area (Å²) in [6, 6.07) is 5.07. The van der Waals surface area contributed by atoms with Crippen LogP contribution in [0.5, 0.6) is 0 Å². The largest absolute Gasteiger partial charge is 0.480 e. The Balaban J connectivity index is 2.75. The molecular weight excluding hydrogens is 254 g/mol. The second kappa shape index (κ2) is 6.89. The number of aliphatic carboxylic acids is 1. The molecule has 20 heavy (non-hydrogen) atoms. The molecule has 0 aliphatic carbocycles. The summed E-state index contributed by atoms with van der Waals surface area (Å²) in [5, 5.41) is 11.5. The van der Waals surface area contributed by atoms with Gasteiger partial charge in [0.2, 0.25) is 5.91 Å². The fourth-order valence-corrected chi connectivity index (χ4v) is 1.89. The van der Waals surface area contributed by atoms with Crippen molar-refractivity contribution in [1.82, 2.24) is 5.32 Å². The van der Waals surface area contributed by atoms with Crippen LogP contribution in [0.1, 0.15) is 30.5 Å². The standard InChI is InChI=1S/C16H21NO3/c1-10(2)15(16(19)20)17-14(18)8-7-13-6-5-11(3)9-12(13)4/h5-10,15H,1-4H3,(H,17,18)(H,19,20)/b8-7+/t15-/m0/s1. The Bertz CT molecular complexity index is 533. The van der Waals surface area contributed by atoms with E-state index in [1.54, 1.807) is 19.9 Å². The first-order valence-electron chi connectivity index (χ1n) is 6.60. The quantitative estimate of drug-likeness (QED) is 0.811. The van der Waals surface area contributed by atoms with E-state index >= 15 is 0 Å². The van der Waals surface area contributed by atoms with E-state index in [1.165, 1.54) is 6.08 Å². The highest BCUT2D eigenvalue weighted by molar-refractivity contribution is 5.94. The number of carbonyl (C=O) groups excluding carboxylic acids is 1. The van der Waals surface area contributed by atoms with Gasteiger partial charge < -0.3 is 10.4 Å². The Morgan fingerprint density at radius 3 is 2.40 bits per heavy atom. The third-order valence-corrected chi connectivity index (χ3v) is 3.07. The molecule has 108 valence electrons. The Morgan fingerprint density at radius 2 is 1.90 bits per heavy atom. The highest BCUT2D eigenvalue weighted by atomic mass is 16.4. The van der Waals surface area contributed by atoms with Gasteiger partial charge in [-0.1, -0.05) is 37.6 Å². The molecule has 2 N–H and O–H groups in total. The fraction of sp³-hybridized carbons (Fsp3) is 0.375. The Morgan fingerprint density at radius 1 is 1.25 bits per heavy atom. The van der Waals surface area contributed by atoms with Crippen LogP contribution in [0.25, 0.3) is 6.08 Å². The molecule has 0 aliphatic rings. The first kappa shape index (κ1) is 16.0. The van der Waals surface area contributed by atoms with Crippen LogP contribution in [0.15, 0.2) is 24.3 Å². The van der Waals surface area contributed by atoms with Crippen LogP contribution < -0.4 is 5.32 Å². The van der Waals surface area contributed by atoms with Crippen LogP contribution in [-0.2, 0) is 9.59 Å². The maximum absolute atomic E-state index is 11.8. The number of hydrogen-bond donors (Lipinski definition) is 2. The molecule has 0 fully saturated rings. The van der Waals surface area contributed by atoms with Crippen LogP contribution in [0.2, 0.25) is 0 Å². The molecule has 0 heterocycles. The van der Waals surface area contributed by atoms with Crippen molar-refractivity contribution in [2.75, 3.05) is 0 Å². The molecule has 4 heteroatoms. The summed E-state index contributed by atoms with van der Waals surface area (Å²) in [4.78, 5) is 22.8. The van der Waals surface area contributed by atoms with E-state index in [2.05, 4.69) is 5.32 Å². The Kier molecular flexibility index (Phi) is 5.50. The number of amides is 1. The van der Waals surface area contributed by atoms with E-state index in [1.807, 2.05) is 32.0 Å². The van der Waals surface area contributed by atoms with E-state index in [4.69, 9.17) is 5.11 Å². The summed E-state index contributed by atoms with van der Waals surface area (Å²) in [6.45, 7) is 7.49. The predicted octanol–water partition coefficient (Wildman–Crippen LogP) is 2.54. The zero-order valence-electron chi connectivity index (χ0n) is 12.3. The summed E-state index contributed by atoms with van der Waals surface area (Å²) >= 11 is 0. The normalized spacial score (nSPS) is 12.7.